The molecule has 0 aromatic heterocycles. The Morgan fingerprint density at radius 2 is 2.50 bits per heavy atom. The fourth-order valence-corrected chi connectivity index (χ4v) is 2.41. The lowest BCUT2D eigenvalue weighted by molar-refractivity contribution is 1.58. The van der Waals surface area contributed by atoms with Gasteiger partial charge in [-0.3, -0.25) is 4.86 Å². The van der Waals surface area contributed by atoms with Gasteiger partial charge in [-0.15, -0.1) is 0 Å². The van der Waals surface area contributed by atoms with Crippen LogP contribution in [0.4, 0.5) is 0 Å². The van der Waals surface area contributed by atoms with Crippen LogP contribution in [0.5, 0.6) is 0 Å². The van der Waals surface area contributed by atoms with E-state index in [1.54, 1.807) is 0 Å². The number of hydrogen-bond acceptors (Lipinski definition) is 3. The minimum Gasteiger partial charge on any atom is -0.269 e. The van der Waals surface area contributed by atoms with Crippen LogP contribution in [-0.4, -0.2) is 0 Å². The SMILES string of the molecule is PNPNPN=PCl. The predicted molar refractivity (Wildman–Crippen MR) is 47.8 cm³/mol. The fourth-order valence-electron chi connectivity index (χ4n) is 0.108. The summed E-state index contributed by atoms with van der Waals surface area (Å²) in [6, 6.07) is 0. The highest BCUT2D eigenvalue weighted by Crippen LogP contribution is 2.21. The van der Waals surface area contributed by atoms with Crippen molar-refractivity contribution >= 4 is 46.1 Å². The maximum Gasteiger partial charge on any atom is 0.119 e. The molecule has 3 atom stereocenters. The Hall–Kier alpha value is 1.60. The average Bonchev–Trinajstić information content (AvgIpc) is 1.81. The molecule has 0 amide bonds. The molecule has 0 aromatic carbocycles. The Labute approximate surface area is 60.8 Å². The van der Waals surface area contributed by atoms with E-state index in [1.165, 1.54) is 0 Å². The van der Waals surface area contributed by atoms with Crippen molar-refractivity contribution in [2.75, 3.05) is 0 Å². The molecule has 0 radical (unpaired) electrons. The van der Waals surface area contributed by atoms with Gasteiger partial charge < -0.3 is 0 Å². The summed E-state index contributed by atoms with van der Waals surface area (Å²) in [5.74, 6) is 0. The third kappa shape index (κ3) is 7.60. The predicted octanol–water partition coefficient (Wildman–Crippen LogP) is 2.26. The van der Waals surface area contributed by atoms with Crippen LogP contribution in [0.15, 0.2) is 4.52 Å². The average molecular weight is 207 g/mol. The number of hydrogen-bond donors (Lipinski definition) is 2. The van der Waals surface area contributed by atoms with Gasteiger partial charge in [0, 0.05) is 8.88 Å². The van der Waals surface area contributed by atoms with E-state index in [2.05, 4.69) is 23.6 Å². The summed E-state index contributed by atoms with van der Waals surface area (Å²) in [5.41, 5.74) is 0. The van der Waals surface area contributed by atoms with Gasteiger partial charge in [0.05, 0.1) is 8.88 Å². The second-order valence-corrected chi connectivity index (χ2v) is 4.71. The van der Waals surface area contributed by atoms with Crippen molar-refractivity contribution in [3.8, 4) is 0 Å². The molecule has 8 heteroatoms. The van der Waals surface area contributed by atoms with Gasteiger partial charge in [0.25, 0.3) is 0 Å². The first-order valence-corrected chi connectivity index (χ1v) is 5.91. The van der Waals surface area contributed by atoms with E-state index in [0.29, 0.717) is 25.5 Å². The maximum absolute atomic E-state index is 5.23. The van der Waals surface area contributed by atoms with Gasteiger partial charge in [0.2, 0.25) is 0 Å². The van der Waals surface area contributed by atoms with Crippen LogP contribution in [0, 0.1) is 0 Å². The van der Waals surface area contributed by atoms with Crippen LogP contribution < -0.4 is 9.72 Å². The molecule has 8 heavy (non-hydrogen) atoms. The van der Waals surface area contributed by atoms with E-state index in [-0.39, 0.29) is 0 Å². The maximum atomic E-state index is 5.23. The monoisotopic (exact) mass is 207 g/mol. The summed E-state index contributed by atoms with van der Waals surface area (Å²) in [5, 5.41) is 0. The lowest BCUT2D eigenvalue weighted by Gasteiger charge is -1.94. The van der Waals surface area contributed by atoms with Gasteiger partial charge in [-0.05, 0) is 11.2 Å². The molecular weight excluding hydrogens is 201 g/mol. The molecule has 0 fully saturated rings. The highest BCUT2D eigenvalue weighted by atomic mass is 35.7. The third-order valence-corrected chi connectivity index (χ3v) is 3.19. The van der Waals surface area contributed by atoms with E-state index >= 15 is 0 Å². The second-order valence-electron chi connectivity index (χ2n) is 0.682. The molecule has 0 aliphatic heterocycles. The zero-order chi connectivity index (χ0) is 6.24. The summed E-state index contributed by atoms with van der Waals surface area (Å²) in [6.45, 7) is 0. The summed E-state index contributed by atoms with van der Waals surface area (Å²) in [4.78, 5) is 5.86. The Kier molecular flexibility index (Phi) is 10.3. The normalized spacial score (nSPS) is 13.8. The minimum absolute atomic E-state index is 0.406. The first-order valence-electron chi connectivity index (χ1n) is 1.63. The van der Waals surface area contributed by atoms with Crippen LogP contribution in [0.1, 0.15) is 0 Å². The molecule has 0 saturated heterocycles. The molecule has 0 saturated carbocycles. The molecule has 0 aliphatic carbocycles. The van der Waals surface area contributed by atoms with Gasteiger partial charge in [-0.25, -0.2) is 9.37 Å². The molecule has 0 aromatic rings. The van der Waals surface area contributed by atoms with Crippen LogP contribution >= 0.6 is 46.1 Å². The summed E-state index contributed by atoms with van der Waals surface area (Å²) >= 11 is 5.23. The number of halogens is 1. The van der Waals surface area contributed by atoms with Crippen LogP contribution in [0.3, 0.4) is 0 Å². The molecule has 0 rings (SSSR count). The van der Waals surface area contributed by atoms with Crippen molar-refractivity contribution in [2.45, 2.75) is 0 Å². The van der Waals surface area contributed by atoms with Crippen LogP contribution in [-0.2, 0) is 0 Å². The van der Waals surface area contributed by atoms with Gasteiger partial charge in [-0.1, -0.05) is 9.39 Å². The Morgan fingerprint density at radius 3 is 3.00 bits per heavy atom. The van der Waals surface area contributed by atoms with E-state index < -0.39 is 0 Å². The molecular formula is H6ClN3P4. The lowest BCUT2D eigenvalue weighted by atomic mass is 13.8. The molecule has 0 heterocycles. The van der Waals surface area contributed by atoms with Crippen molar-refractivity contribution in [3.05, 3.63) is 0 Å². The first-order chi connectivity index (χ1) is 3.91. The third-order valence-electron chi connectivity index (χ3n) is 0.278. The number of rotatable bonds is 4. The molecule has 2 N–H and O–H groups in total. The largest absolute Gasteiger partial charge is 0.269 e. The zero-order valence-electron chi connectivity index (χ0n) is 3.85. The van der Waals surface area contributed by atoms with Crippen LogP contribution in [0.2, 0.25) is 0 Å². The van der Waals surface area contributed by atoms with Crippen LogP contribution in [0.25, 0.3) is 0 Å². The fraction of sp³-hybridized carbons (Fsp3) is 0. The standard InChI is InChI=1S/ClH6N3P4/c1-6-3-8-4-7-2-5/h2,4,7-8H,5H2. The van der Waals surface area contributed by atoms with Crippen molar-refractivity contribution in [1.82, 2.24) is 9.72 Å². The Bertz CT molecular complexity index is 64.3. The molecule has 48 valence electrons. The quantitative estimate of drug-likeness (QED) is 0.548. The van der Waals surface area contributed by atoms with Gasteiger partial charge in [0.1, 0.15) is 7.73 Å². The van der Waals surface area contributed by atoms with E-state index in [9.17, 15) is 0 Å². The topological polar surface area (TPSA) is 36.4 Å². The Balaban J connectivity index is 2.72. The van der Waals surface area contributed by atoms with E-state index in [0.717, 1.165) is 0 Å². The lowest BCUT2D eigenvalue weighted by Crippen LogP contribution is -1.86. The van der Waals surface area contributed by atoms with E-state index in [1.807, 2.05) is 0 Å². The zero-order valence-corrected chi connectivity index (χ0v) is 8.65. The molecule has 0 spiro atoms. The Morgan fingerprint density at radius 1 is 1.75 bits per heavy atom. The minimum atomic E-state index is 0.406. The number of nitrogens with one attached hydrogen (secondary N) is 2. The summed E-state index contributed by atoms with van der Waals surface area (Å²) in [7, 11) is 3.92. The molecule has 3 nitrogen and oxygen atoms in total. The highest BCUT2D eigenvalue weighted by molar-refractivity contribution is 7.65. The smallest absolute Gasteiger partial charge is 0.119 e. The van der Waals surface area contributed by atoms with Crippen molar-refractivity contribution < 1.29 is 0 Å². The molecule has 0 bridgehead atoms. The highest BCUT2D eigenvalue weighted by Gasteiger charge is 1.75. The van der Waals surface area contributed by atoms with Gasteiger partial charge >= 0.3 is 0 Å². The molecule has 3 unspecified atom stereocenters. The van der Waals surface area contributed by atoms with Crippen molar-refractivity contribution in [1.29, 1.82) is 0 Å². The van der Waals surface area contributed by atoms with Gasteiger partial charge in [0.15, 0.2) is 0 Å². The summed E-state index contributed by atoms with van der Waals surface area (Å²) in [6.07, 6.45) is 0. The van der Waals surface area contributed by atoms with Crippen molar-refractivity contribution in [2.24, 2.45) is 4.52 Å². The second kappa shape index (κ2) is 8.60. The van der Waals surface area contributed by atoms with Gasteiger partial charge in [-0.2, -0.15) is 0 Å². The van der Waals surface area contributed by atoms with Crippen molar-refractivity contribution in [3.63, 3.8) is 0 Å². The van der Waals surface area contributed by atoms with E-state index in [4.69, 9.17) is 11.2 Å². The molecule has 0 aliphatic rings. The summed E-state index contributed by atoms with van der Waals surface area (Å²) < 4.78 is 3.82. The number of nitrogens with zero attached hydrogens (tertiary/aromatic N) is 1. The first kappa shape index (κ1) is 9.60.